The summed E-state index contributed by atoms with van der Waals surface area (Å²) in [6.07, 6.45) is 0. The van der Waals surface area contributed by atoms with E-state index in [9.17, 15) is 9.59 Å². The number of carbonyl (C=O) groups is 1. The third-order valence-electron chi connectivity index (χ3n) is 4.56. The van der Waals surface area contributed by atoms with Crippen molar-refractivity contribution in [2.45, 2.75) is 34.2 Å². The van der Waals surface area contributed by atoms with Crippen LogP contribution in [0.3, 0.4) is 0 Å². The third-order valence-corrected chi connectivity index (χ3v) is 5.66. The van der Waals surface area contributed by atoms with Gasteiger partial charge >= 0.3 is 0 Å². The summed E-state index contributed by atoms with van der Waals surface area (Å²) in [7, 11) is 0. The van der Waals surface area contributed by atoms with Crippen LogP contribution in [0, 0.1) is 27.7 Å². The number of aryl methyl sites for hydroxylation is 3. The lowest BCUT2D eigenvalue weighted by atomic mass is 10.1. The summed E-state index contributed by atoms with van der Waals surface area (Å²) in [5.41, 5.74) is 3.51. The molecule has 3 aromatic rings. The molecular weight excluding hydrogens is 388 g/mol. The Bertz CT molecular complexity index is 1090. The number of nitrogens with one attached hydrogen (secondary N) is 1. The lowest BCUT2D eigenvalue weighted by Crippen LogP contribution is -2.34. The lowest BCUT2D eigenvalue weighted by molar-refractivity contribution is -0.123. The highest BCUT2D eigenvalue weighted by atomic mass is 32.1. The van der Waals surface area contributed by atoms with Gasteiger partial charge in [-0.25, -0.2) is 9.67 Å². The van der Waals surface area contributed by atoms with E-state index in [1.807, 2.05) is 45.9 Å². The van der Waals surface area contributed by atoms with E-state index < -0.39 is 0 Å². The number of hydrogen-bond acceptors (Lipinski definition) is 6. The topological polar surface area (TPSA) is 86.1 Å². The fourth-order valence-electron chi connectivity index (χ4n) is 2.88. The number of carbonyl (C=O) groups excluding carboxylic acids is 1. The van der Waals surface area contributed by atoms with Crippen molar-refractivity contribution in [1.29, 1.82) is 0 Å². The molecule has 0 spiro atoms. The smallest absolute Gasteiger partial charge is 0.266 e. The van der Waals surface area contributed by atoms with E-state index in [-0.39, 0.29) is 31.2 Å². The molecule has 0 saturated carbocycles. The molecule has 1 amide bonds. The summed E-state index contributed by atoms with van der Waals surface area (Å²) >= 11 is 1.54. The maximum atomic E-state index is 12.1. The molecule has 0 aliphatic rings. The minimum Gasteiger partial charge on any atom is -0.483 e. The van der Waals surface area contributed by atoms with E-state index in [2.05, 4.69) is 15.4 Å². The molecule has 0 saturated heterocycles. The lowest BCUT2D eigenvalue weighted by Gasteiger charge is -2.11. The summed E-state index contributed by atoms with van der Waals surface area (Å²) in [4.78, 5) is 29.5. The van der Waals surface area contributed by atoms with E-state index in [1.54, 1.807) is 17.4 Å². The Morgan fingerprint density at radius 1 is 1.17 bits per heavy atom. The Labute approximate surface area is 173 Å². The van der Waals surface area contributed by atoms with Gasteiger partial charge in [-0.05, 0) is 51.0 Å². The quantitative estimate of drug-likeness (QED) is 0.645. The summed E-state index contributed by atoms with van der Waals surface area (Å²) < 4.78 is 6.95. The Balaban J connectivity index is 1.56. The van der Waals surface area contributed by atoms with Gasteiger partial charge in [0.2, 0.25) is 0 Å². The summed E-state index contributed by atoms with van der Waals surface area (Å²) in [5.74, 6) is 0.449. The monoisotopic (exact) mass is 412 g/mol. The first kappa shape index (κ1) is 20.7. The first-order valence-electron chi connectivity index (χ1n) is 9.33. The van der Waals surface area contributed by atoms with Crippen molar-refractivity contribution < 1.29 is 9.53 Å². The van der Waals surface area contributed by atoms with Gasteiger partial charge < -0.3 is 10.1 Å². The SMILES string of the molecule is Cc1nc(C)c(-c2ccc(=O)n(CCNC(=O)COc3cccc(C)c3C)n2)s1. The van der Waals surface area contributed by atoms with Crippen molar-refractivity contribution in [3.8, 4) is 16.3 Å². The van der Waals surface area contributed by atoms with Crippen molar-refractivity contribution in [1.82, 2.24) is 20.1 Å². The minimum absolute atomic E-state index is 0.0774. The number of nitrogens with zero attached hydrogens (tertiary/aromatic N) is 3. The maximum absolute atomic E-state index is 12.1. The number of rotatable bonds is 7. The first-order chi connectivity index (χ1) is 13.8. The Morgan fingerprint density at radius 3 is 2.69 bits per heavy atom. The highest BCUT2D eigenvalue weighted by Gasteiger charge is 2.11. The molecule has 0 aliphatic carbocycles. The number of ether oxygens (including phenoxy) is 1. The third kappa shape index (κ3) is 5.08. The zero-order valence-electron chi connectivity index (χ0n) is 17.0. The van der Waals surface area contributed by atoms with Crippen molar-refractivity contribution >= 4 is 17.2 Å². The van der Waals surface area contributed by atoms with Gasteiger partial charge in [0.1, 0.15) is 11.4 Å². The van der Waals surface area contributed by atoms with Gasteiger partial charge in [0.15, 0.2) is 6.61 Å². The maximum Gasteiger partial charge on any atom is 0.266 e. The van der Waals surface area contributed by atoms with Crippen LogP contribution in [0.1, 0.15) is 21.8 Å². The molecule has 0 bridgehead atoms. The molecule has 29 heavy (non-hydrogen) atoms. The predicted molar refractivity (Wildman–Crippen MR) is 113 cm³/mol. The Hall–Kier alpha value is -3.00. The van der Waals surface area contributed by atoms with Gasteiger partial charge in [0.05, 0.1) is 22.1 Å². The minimum atomic E-state index is -0.246. The Morgan fingerprint density at radius 2 is 1.97 bits per heavy atom. The standard InChI is InChI=1S/C21H24N4O3S/c1-13-6-5-7-18(14(13)2)28-12-19(26)22-10-11-25-20(27)9-8-17(24-25)21-15(3)23-16(4)29-21/h5-9H,10-12H2,1-4H3,(H,22,26). The van der Waals surface area contributed by atoms with Crippen LogP contribution < -0.4 is 15.6 Å². The molecule has 152 valence electrons. The van der Waals surface area contributed by atoms with Crippen LogP contribution in [0.4, 0.5) is 0 Å². The van der Waals surface area contributed by atoms with Crippen LogP contribution >= 0.6 is 11.3 Å². The molecule has 0 unspecified atom stereocenters. The number of benzene rings is 1. The zero-order valence-corrected chi connectivity index (χ0v) is 17.8. The first-order valence-corrected chi connectivity index (χ1v) is 10.1. The average Bonchev–Trinajstić information content (AvgIpc) is 3.02. The molecule has 0 aliphatic heterocycles. The molecule has 1 N–H and O–H groups in total. The molecule has 7 nitrogen and oxygen atoms in total. The molecule has 3 rings (SSSR count). The van der Waals surface area contributed by atoms with E-state index in [4.69, 9.17) is 4.74 Å². The molecular formula is C21H24N4O3S. The normalized spacial score (nSPS) is 10.8. The average molecular weight is 413 g/mol. The van der Waals surface area contributed by atoms with E-state index in [0.29, 0.717) is 11.4 Å². The summed E-state index contributed by atoms with van der Waals surface area (Å²) in [6, 6.07) is 8.93. The fraction of sp³-hybridized carbons (Fsp3) is 0.333. The van der Waals surface area contributed by atoms with Gasteiger partial charge in [-0.15, -0.1) is 11.3 Å². The van der Waals surface area contributed by atoms with Crippen molar-refractivity contribution in [2.24, 2.45) is 0 Å². The van der Waals surface area contributed by atoms with Gasteiger partial charge in [-0.1, -0.05) is 12.1 Å². The zero-order chi connectivity index (χ0) is 21.0. The largest absolute Gasteiger partial charge is 0.483 e. The van der Waals surface area contributed by atoms with Crippen LogP contribution in [0.25, 0.3) is 10.6 Å². The predicted octanol–water partition coefficient (Wildman–Crippen LogP) is 2.80. The van der Waals surface area contributed by atoms with Crippen LogP contribution in [-0.4, -0.2) is 33.8 Å². The summed E-state index contributed by atoms with van der Waals surface area (Å²) in [6.45, 7) is 8.30. The highest BCUT2D eigenvalue weighted by molar-refractivity contribution is 7.15. The van der Waals surface area contributed by atoms with Crippen LogP contribution in [-0.2, 0) is 11.3 Å². The second kappa shape index (κ2) is 9.00. The van der Waals surface area contributed by atoms with Crippen LogP contribution in [0.15, 0.2) is 35.1 Å². The molecule has 1 aromatic carbocycles. The number of hydrogen-bond donors (Lipinski definition) is 1. The van der Waals surface area contributed by atoms with E-state index in [1.165, 1.54) is 10.7 Å². The van der Waals surface area contributed by atoms with Gasteiger partial charge in [0.25, 0.3) is 11.5 Å². The molecule has 8 heteroatoms. The molecule has 0 radical (unpaired) electrons. The van der Waals surface area contributed by atoms with Gasteiger partial charge in [-0.3, -0.25) is 9.59 Å². The second-order valence-corrected chi connectivity index (χ2v) is 7.97. The van der Waals surface area contributed by atoms with Crippen molar-refractivity contribution in [2.75, 3.05) is 13.2 Å². The van der Waals surface area contributed by atoms with Gasteiger partial charge in [0, 0.05) is 12.6 Å². The summed E-state index contributed by atoms with van der Waals surface area (Å²) in [5, 5.41) is 8.14. The Kier molecular flexibility index (Phi) is 6.43. The molecule has 2 heterocycles. The molecule has 2 aromatic heterocycles. The number of aromatic nitrogens is 3. The number of amides is 1. The molecule has 0 atom stereocenters. The van der Waals surface area contributed by atoms with E-state index in [0.717, 1.165) is 26.7 Å². The molecule has 0 fully saturated rings. The van der Waals surface area contributed by atoms with Crippen molar-refractivity contribution in [3.63, 3.8) is 0 Å². The fourth-order valence-corrected chi connectivity index (χ4v) is 3.76. The van der Waals surface area contributed by atoms with Crippen molar-refractivity contribution in [3.05, 3.63) is 62.5 Å². The highest BCUT2D eigenvalue weighted by Crippen LogP contribution is 2.27. The number of thiazole rings is 1. The van der Waals surface area contributed by atoms with Crippen LogP contribution in [0.2, 0.25) is 0 Å². The van der Waals surface area contributed by atoms with E-state index >= 15 is 0 Å². The van der Waals surface area contributed by atoms with Gasteiger partial charge in [-0.2, -0.15) is 5.10 Å². The van der Waals surface area contributed by atoms with Crippen LogP contribution in [0.5, 0.6) is 5.75 Å². The second-order valence-electron chi connectivity index (χ2n) is 6.76.